The first-order valence-corrected chi connectivity index (χ1v) is 7.03. The molecule has 0 saturated heterocycles. The van der Waals surface area contributed by atoms with Gasteiger partial charge in [0.2, 0.25) is 0 Å². The molecule has 1 heterocycles. The molecule has 0 spiro atoms. The van der Waals surface area contributed by atoms with E-state index in [4.69, 9.17) is 5.73 Å². The Balaban J connectivity index is 1.81. The fourth-order valence-electron chi connectivity index (χ4n) is 2.01. The number of nitrogens with two attached hydrogens (primary N) is 1. The van der Waals surface area contributed by atoms with Crippen molar-refractivity contribution in [3.05, 3.63) is 72.6 Å². The van der Waals surface area contributed by atoms with Crippen molar-refractivity contribution in [1.82, 2.24) is 9.97 Å². The third kappa shape index (κ3) is 3.62. The third-order valence-corrected chi connectivity index (χ3v) is 3.09. The van der Waals surface area contributed by atoms with E-state index in [1.54, 1.807) is 12.1 Å². The molecular formula is C17H15N5O. The number of hydrogen-bond acceptors (Lipinski definition) is 5. The fraction of sp³-hybridized carbons (Fsp3) is 0. The van der Waals surface area contributed by atoms with E-state index in [1.165, 1.54) is 6.20 Å². The minimum absolute atomic E-state index is 0.0785. The zero-order valence-corrected chi connectivity index (χ0v) is 12.2. The second kappa shape index (κ2) is 6.57. The molecule has 0 aliphatic heterocycles. The van der Waals surface area contributed by atoms with Crippen LogP contribution in [-0.4, -0.2) is 15.9 Å². The summed E-state index contributed by atoms with van der Waals surface area (Å²) < 4.78 is 0. The van der Waals surface area contributed by atoms with Crippen LogP contribution in [0.15, 0.2) is 66.9 Å². The first-order chi connectivity index (χ1) is 11.2. The Morgan fingerprint density at radius 3 is 2.17 bits per heavy atom. The molecule has 0 fully saturated rings. The molecule has 0 unspecified atom stereocenters. The zero-order chi connectivity index (χ0) is 16.1. The van der Waals surface area contributed by atoms with Crippen LogP contribution >= 0.6 is 0 Å². The maximum absolute atomic E-state index is 12.3. The summed E-state index contributed by atoms with van der Waals surface area (Å²) in [7, 11) is 0. The molecule has 3 rings (SSSR count). The van der Waals surface area contributed by atoms with Crippen molar-refractivity contribution < 1.29 is 4.79 Å². The highest BCUT2D eigenvalue weighted by molar-refractivity contribution is 6.05. The topological polar surface area (TPSA) is 92.9 Å². The summed E-state index contributed by atoms with van der Waals surface area (Å²) in [4.78, 5) is 20.6. The molecule has 0 atom stereocenters. The number of carbonyl (C=O) groups is 1. The first kappa shape index (κ1) is 14.5. The quantitative estimate of drug-likeness (QED) is 0.689. The van der Waals surface area contributed by atoms with Gasteiger partial charge < -0.3 is 16.4 Å². The summed E-state index contributed by atoms with van der Waals surface area (Å²) in [5, 5.41) is 5.82. The normalized spacial score (nSPS) is 10.1. The molecule has 4 N–H and O–H groups in total. The van der Waals surface area contributed by atoms with Gasteiger partial charge in [-0.15, -0.1) is 0 Å². The predicted molar refractivity (Wildman–Crippen MR) is 90.6 cm³/mol. The highest BCUT2D eigenvalue weighted by Gasteiger charge is 2.14. The lowest BCUT2D eigenvalue weighted by molar-refractivity contribution is 0.102. The van der Waals surface area contributed by atoms with Crippen molar-refractivity contribution in [2.75, 3.05) is 16.4 Å². The standard InChI is InChI=1S/C17H15N5O/c18-16-15(17(23)21-13-9-5-2-6-10-13)22-14(11-19-16)20-12-7-3-1-4-8-12/h1-11H,(H2,18,19)(H,20,22)(H,21,23). The van der Waals surface area contributed by atoms with Crippen LogP contribution in [0.1, 0.15) is 10.5 Å². The minimum Gasteiger partial charge on any atom is -0.382 e. The zero-order valence-electron chi connectivity index (χ0n) is 12.2. The van der Waals surface area contributed by atoms with Crippen molar-refractivity contribution in [2.45, 2.75) is 0 Å². The number of para-hydroxylation sites is 2. The SMILES string of the molecule is Nc1ncc(Nc2ccccc2)nc1C(=O)Nc1ccccc1. The Morgan fingerprint density at radius 1 is 0.913 bits per heavy atom. The molecule has 3 aromatic rings. The van der Waals surface area contributed by atoms with E-state index >= 15 is 0 Å². The molecule has 0 aliphatic carbocycles. The molecule has 1 aromatic heterocycles. The Morgan fingerprint density at radius 2 is 1.52 bits per heavy atom. The summed E-state index contributed by atoms with van der Waals surface area (Å²) in [6, 6.07) is 18.6. The van der Waals surface area contributed by atoms with Gasteiger partial charge in [0.25, 0.3) is 5.91 Å². The molecular weight excluding hydrogens is 290 g/mol. The molecule has 6 heteroatoms. The first-order valence-electron chi connectivity index (χ1n) is 7.03. The Hall–Kier alpha value is -3.41. The van der Waals surface area contributed by atoms with E-state index in [-0.39, 0.29) is 11.5 Å². The average molecular weight is 305 g/mol. The van der Waals surface area contributed by atoms with Gasteiger partial charge in [-0.05, 0) is 24.3 Å². The lowest BCUT2D eigenvalue weighted by Crippen LogP contribution is -2.17. The maximum atomic E-state index is 12.3. The monoisotopic (exact) mass is 305 g/mol. The summed E-state index contributed by atoms with van der Waals surface area (Å²) >= 11 is 0. The fourth-order valence-corrected chi connectivity index (χ4v) is 2.01. The number of nitrogens with one attached hydrogen (secondary N) is 2. The second-order valence-electron chi connectivity index (χ2n) is 4.80. The lowest BCUT2D eigenvalue weighted by atomic mass is 10.3. The van der Waals surface area contributed by atoms with Gasteiger partial charge in [-0.2, -0.15) is 0 Å². The molecule has 6 nitrogen and oxygen atoms in total. The van der Waals surface area contributed by atoms with Gasteiger partial charge in [-0.25, -0.2) is 9.97 Å². The summed E-state index contributed by atoms with van der Waals surface area (Å²) in [6.45, 7) is 0. The van der Waals surface area contributed by atoms with Gasteiger partial charge in [-0.1, -0.05) is 36.4 Å². The van der Waals surface area contributed by atoms with Gasteiger partial charge in [0.1, 0.15) is 5.82 Å². The van der Waals surface area contributed by atoms with Gasteiger partial charge in [0.15, 0.2) is 11.5 Å². The maximum Gasteiger partial charge on any atom is 0.278 e. The van der Waals surface area contributed by atoms with Crippen molar-refractivity contribution in [1.29, 1.82) is 0 Å². The van der Waals surface area contributed by atoms with Crippen LogP contribution in [0.5, 0.6) is 0 Å². The van der Waals surface area contributed by atoms with E-state index < -0.39 is 5.91 Å². The van der Waals surface area contributed by atoms with E-state index in [9.17, 15) is 4.79 Å². The van der Waals surface area contributed by atoms with Gasteiger partial charge in [0, 0.05) is 11.4 Å². The van der Waals surface area contributed by atoms with Gasteiger partial charge in [-0.3, -0.25) is 4.79 Å². The van der Waals surface area contributed by atoms with Crippen LogP contribution in [0, 0.1) is 0 Å². The number of aromatic nitrogens is 2. The smallest absolute Gasteiger partial charge is 0.278 e. The van der Waals surface area contributed by atoms with Crippen LogP contribution in [0.4, 0.5) is 23.0 Å². The summed E-state index contributed by atoms with van der Waals surface area (Å²) in [6.07, 6.45) is 1.49. The molecule has 114 valence electrons. The van der Waals surface area contributed by atoms with Crippen LogP contribution < -0.4 is 16.4 Å². The molecule has 0 saturated carbocycles. The lowest BCUT2D eigenvalue weighted by Gasteiger charge is -2.09. The number of amides is 1. The van der Waals surface area contributed by atoms with E-state index in [2.05, 4.69) is 20.6 Å². The van der Waals surface area contributed by atoms with Gasteiger partial charge >= 0.3 is 0 Å². The van der Waals surface area contributed by atoms with Crippen LogP contribution in [0.2, 0.25) is 0 Å². The Labute approximate surface area is 133 Å². The minimum atomic E-state index is -0.405. The van der Waals surface area contributed by atoms with Crippen LogP contribution in [0.3, 0.4) is 0 Å². The number of hydrogen-bond donors (Lipinski definition) is 3. The average Bonchev–Trinajstić information content (AvgIpc) is 2.58. The van der Waals surface area contributed by atoms with Gasteiger partial charge in [0.05, 0.1) is 6.20 Å². The number of nitrogens with zero attached hydrogens (tertiary/aromatic N) is 2. The number of nitrogen functional groups attached to an aromatic ring is 1. The number of carbonyl (C=O) groups excluding carboxylic acids is 1. The predicted octanol–water partition coefficient (Wildman–Crippen LogP) is 3.05. The Bertz CT molecular complexity index is 806. The highest BCUT2D eigenvalue weighted by atomic mass is 16.1. The van der Waals surface area contributed by atoms with Crippen LogP contribution in [-0.2, 0) is 0 Å². The van der Waals surface area contributed by atoms with E-state index in [1.807, 2.05) is 48.5 Å². The second-order valence-corrected chi connectivity index (χ2v) is 4.80. The molecule has 0 bridgehead atoms. The number of rotatable bonds is 4. The number of benzene rings is 2. The summed E-state index contributed by atoms with van der Waals surface area (Å²) in [5.41, 5.74) is 7.37. The highest BCUT2D eigenvalue weighted by Crippen LogP contribution is 2.17. The Kier molecular flexibility index (Phi) is 4.15. The van der Waals surface area contributed by atoms with E-state index in [0.29, 0.717) is 11.5 Å². The van der Waals surface area contributed by atoms with Crippen molar-refractivity contribution in [3.8, 4) is 0 Å². The molecule has 0 aliphatic rings. The third-order valence-electron chi connectivity index (χ3n) is 3.09. The van der Waals surface area contributed by atoms with Crippen molar-refractivity contribution in [3.63, 3.8) is 0 Å². The van der Waals surface area contributed by atoms with Crippen molar-refractivity contribution >= 4 is 28.9 Å². The largest absolute Gasteiger partial charge is 0.382 e. The number of anilines is 4. The molecule has 0 radical (unpaired) electrons. The van der Waals surface area contributed by atoms with Crippen molar-refractivity contribution in [2.24, 2.45) is 0 Å². The van der Waals surface area contributed by atoms with Crippen LogP contribution in [0.25, 0.3) is 0 Å². The summed E-state index contributed by atoms with van der Waals surface area (Å²) in [5.74, 6) is 0.124. The van der Waals surface area contributed by atoms with E-state index in [0.717, 1.165) is 5.69 Å². The molecule has 2 aromatic carbocycles. The molecule has 23 heavy (non-hydrogen) atoms. The molecule has 1 amide bonds.